The molecule has 0 saturated carbocycles. The SMILES string of the molecule is CCCCCCCCCC/C=C/CCCCCCCCCC(=O)OC(COCCC(C(=O)O)[N+](C)(C)C)COC(=O)CCCCCCCCC. The first kappa shape index (κ1) is 48.1. The van der Waals surface area contributed by atoms with E-state index in [1.165, 1.54) is 116 Å². The third-order valence-corrected chi connectivity index (χ3v) is 9.41. The minimum absolute atomic E-state index is 0.0485. The van der Waals surface area contributed by atoms with Crippen LogP contribution in [0.3, 0.4) is 0 Å². The van der Waals surface area contributed by atoms with E-state index in [4.69, 9.17) is 14.2 Å². The summed E-state index contributed by atoms with van der Waals surface area (Å²) < 4.78 is 17.2. The Labute approximate surface area is 308 Å². The van der Waals surface area contributed by atoms with Crippen molar-refractivity contribution in [3.8, 4) is 0 Å². The molecule has 0 aromatic carbocycles. The Morgan fingerprint density at radius 3 is 1.44 bits per heavy atom. The van der Waals surface area contributed by atoms with Crippen molar-refractivity contribution in [1.29, 1.82) is 0 Å². The fraction of sp³-hybridized carbons (Fsp3) is 0.881. The molecule has 8 nitrogen and oxygen atoms in total. The van der Waals surface area contributed by atoms with E-state index in [9.17, 15) is 19.5 Å². The van der Waals surface area contributed by atoms with Crippen molar-refractivity contribution in [1.82, 2.24) is 0 Å². The molecule has 0 fully saturated rings. The van der Waals surface area contributed by atoms with Crippen LogP contribution in [0.1, 0.15) is 187 Å². The number of nitrogens with zero attached hydrogens (tertiary/aromatic N) is 1. The number of rotatable bonds is 37. The van der Waals surface area contributed by atoms with E-state index < -0.39 is 18.1 Å². The summed E-state index contributed by atoms with van der Waals surface area (Å²) in [5.41, 5.74) is 0. The number of hydrogen-bond donors (Lipinski definition) is 1. The van der Waals surface area contributed by atoms with Gasteiger partial charge in [0.2, 0.25) is 0 Å². The molecular weight excluding hydrogens is 630 g/mol. The van der Waals surface area contributed by atoms with Gasteiger partial charge in [-0.2, -0.15) is 0 Å². The zero-order valence-electron chi connectivity index (χ0n) is 33.4. The predicted octanol–water partition coefficient (Wildman–Crippen LogP) is 10.7. The monoisotopic (exact) mass is 711 g/mol. The molecule has 50 heavy (non-hydrogen) atoms. The maximum Gasteiger partial charge on any atom is 0.362 e. The smallest absolute Gasteiger partial charge is 0.362 e. The largest absolute Gasteiger partial charge is 0.477 e. The molecule has 0 aliphatic heterocycles. The molecule has 0 amide bonds. The van der Waals surface area contributed by atoms with Crippen LogP contribution >= 0.6 is 0 Å². The number of allylic oxidation sites excluding steroid dienone is 2. The summed E-state index contributed by atoms with van der Waals surface area (Å²) in [5.74, 6) is -1.47. The molecule has 0 aliphatic rings. The molecule has 2 unspecified atom stereocenters. The summed E-state index contributed by atoms with van der Waals surface area (Å²) in [4.78, 5) is 36.7. The number of aliphatic carboxylic acids is 1. The van der Waals surface area contributed by atoms with Gasteiger partial charge in [0, 0.05) is 19.3 Å². The maximum atomic E-state index is 12.7. The highest BCUT2D eigenvalue weighted by Gasteiger charge is 2.31. The minimum atomic E-state index is -0.875. The molecule has 0 spiro atoms. The summed E-state index contributed by atoms with van der Waals surface area (Å²) in [6.45, 7) is 4.70. The van der Waals surface area contributed by atoms with Gasteiger partial charge in [-0.3, -0.25) is 9.59 Å². The third-order valence-electron chi connectivity index (χ3n) is 9.41. The van der Waals surface area contributed by atoms with Crippen molar-refractivity contribution in [3.63, 3.8) is 0 Å². The van der Waals surface area contributed by atoms with Gasteiger partial charge in [-0.05, 0) is 38.5 Å². The van der Waals surface area contributed by atoms with Crippen LogP contribution in [-0.2, 0) is 28.6 Å². The average Bonchev–Trinajstić information content (AvgIpc) is 3.06. The maximum absolute atomic E-state index is 12.7. The lowest BCUT2D eigenvalue weighted by atomic mass is 10.1. The molecule has 0 rings (SSSR count). The lowest BCUT2D eigenvalue weighted by Gasteiger charge is -2.31. The van der Waals surface area contributed by atoms with Crippen molar-refractivity contribution in [2.24, 2.45) is 0 Å². The number of esters is 2. The quantitative estimate of drug-likeness (QED) is 0.0296. The highest BCUT2D eigenvalue weighted by atomic mass is 16.6. The summed E-state index contributed by atoms with van der Waals surface area (Å²) in [6, 6.07) is -0.609. The molecule has 0 aliphatic carbocycles. The number of carbonyl (C=O) groups excluding carboxylic acids is 2. The highest BCUT2D eigenvalue weighted by Crippen LogP contribution is 2.14. The zero-order chi connectivity index (χ0) is 37.1. The van der Waals surface area contributed by atoms with Gasteiger partial charge in [-0.25, -0.2) is 4.79 Å². The fourth-order valence-corrected chi connectivity index (χ4v) is 6.14. The normalized spacial score (nSPS) is 13.1. The minimum Gasteiger partial charge on any atom is -0.477 e. The summed E-state index contributed by atoms with van der Waals surface area (Å²) in [5, 5.41) is 9.58. The lowest BCUT2D eigenvalue weighted by molar-refractivity contribution is -0.887. The Morgan fingerprint density at radius 1 is 0.580 bits per heavy atom. The summed E-state index contributed by atoms with van der Waals surface area (Å²) in [7, 11) is 5.52. The van der Waals surface area contributed by atoms with Crippen molar-refractivity contribution < 1.29 is 38.2 Å². The number of likely N-dealkylation sites (N-methyl/N-ethyl adjacent to an activating group) is 1. The molecule has 0 aromatic rings. The first-order chi connectivity index (χ1) is 24.1. The van der Waals surface area contributed by atoms with E-state index in [1.54, 1.807) is 0 Å². The van der Waals surface area contributed by atoms with Gasteiger partial charge in [0.25, 0.3) is 0 Å². The molecule has 0 heterocycles. The second-order valence-electron chi connectivity index (χ2n) is 15.2. The van der Waals surface area contributed by atoms with Gasteiger partial charge in [0.1, 0.15) is 6.61 Å². The number of hydrogen-bond acceptors (Lipinski definition) is 6. The van der Waals surface area contributed by atoms with Crippen LogP contribution in [0.5, 0.6) is 0 Å². The van der Waals surface area contributed by atoms with Crippen LogP contribution < -0.4 is 0 Å². The standard InChI is InChI=1S/C42H79NO7/c1-6-8-10-12-14-15-16-17-18-19-20-21-22-23-24-25-27-29-31-33-41(45)50-38(36-48-35-34-39(42(46)47)43(3,4)5)37-49-40(44)32-30-28-26-13-11-9-7-2/h19-20,38-39H,6-18,21-37H2,1-5H3/p+1/b20-19+. The van der Waals surface area contributed by atoms with E-state index >= 15 is 0 Å². The first-order valence-electron chi connectivity index (χ1n) is 20.7. The van der Waals surface area contributed by atoms with Crippen molar-refractivity contribution in [2.45, 2.75) is 199 Å². The average molecular weight is 711 g/mol. The molecule has 294 valence electrons. The van der Waals surface area contributed by atoms with Crippen molar-refractivity contribution in [2.75, 3.05) is 41.0 Å². The zero-order valence-corrected chi connectivity index (χ0v) is 33.4. The van der Waals surface area contributed by atoms with Crippen molar-refractivity contribution >= 4 is 17.9 Å². The highest BCUT2D eigenvalue weighted by molar-refractivity contribution is 5.72. The molecule has 8 heteroatoms. The van der Waals surface area contributed by atoms with Crippen LogP contribution in [0.25, 0.3) is 0 Å². The van der Waals surface area contributed by atoms with Crippen LogP contribution in [0.15, 0.2) is 12.2 Å². The summed E-state index contributed by atoms with van der Waals surface area (Å²) in [6.07, 6.45) is 34.1. The molecule has 2 atom stereocenters. The van der Waals surface area contributed by atoms with Gasteiger partial charge in [-0.15, -0.1) is 0 Å². The Hall–Kier alpha value is -1.93. The number of quaternary nitrogens is 1. The Bertz CT molecular complexity index is 838. The predicted molar refractivity (Wildman–Crippen MR) is 206 cm³/mol. The Morgan fingerprint density at radius 2 is 1.00 bits per heavy atom. The van der Waals surface area contributed by atoms with E-state index in [0.29, 0.717) is 19.3 Å². The Balaban J connectivity index is 4.24. The van der Waals surface area contributed by atoms with Crippen molar-refractivity contribution in [3.05, 3.63) is 12.2 Å². The van der Waals surface area contributed by atoms with Gasteiger partial charge >= 0.3 is 17.9 Å². The fourth-order valence-electron chi connectivity index (χ4n) is 6.14. The molecule has 0 radical (unpaired) electrons. The lowest BCUT2D eigenvalue weighted by Crippen LogP contribution is -2.50. The molecule has 0 bridgehead atoms. The van der Waals surface area contributed by atoms with Crippen LogP contribution in [0, 0.1) is 0 Å². The van der Waals surface area contributed by atoms with Crippen LogP contribution in [0.4, 0.5) is 0 Å². The number of carboxylic acids is 1. The van der Waals surface area contributed by atoms with Gasteiger partial charge in [0.15, 0.2) is 12.1 Å². The second kappa shape index (κ2) is 34.2. The molecule has 1 N–H and O–H groups in total. The van der Waals surface area contributed by atoms with Gasteiger partial charge in [0.05, 0.1) is 34.4 Å². The number of unbranched alkanes of at least 4 members (excludes halogenated alkanes) is 21. The third kappa shape index (κ3) is 32.0. The van der Waals surface area contributed by atoms with Gasteiger partial charge in [-0.1, -0.05) is 142 Å². The van der Waals surface area contributed by atoms with E-state index in [-0.39, 0.29) is 36.2 Å². The van der Waals surface area contributed by atoms with E-state index in [0.717, 1.165) is 38.5 Å². The van der Waals surface area contributed by atoms with E-state index in [2.05, 4.69) is 26.0 Å². The van der Waals surface area contributed by atoms with E-state index in [1.807, 2.05) is 21.1 Å². The summed E-state index contributed by atoms with van der Waals surface area (Å²) >= 11 is 0. The van der Waals surface area contributed by atoms with Crippen LogP contribution in [0.2, 0.25) is 0 Å². The first-order valence-corrected chi connectivity index (χ1v) is 20.7. The number of carbonyl (C=O) groups is 3. The van der Waals surface area contributed by atoms with Crippen LogP contribution in [-0.4, -0.2) is 80.6 Å². The second-order valence-corrected chi connectivity index (χ2v) is 15.2. The topological polar surface area (TPSA) is 99.1 Å². The molecule has 0 saturated heterocycles. The Kier molecular flexibility index (Phi) is 32.9. The number of carboxylic acid groups (broad SMARTS) is 1. The van der Waals surface area contributed by atoms with Gasteiger partial charge < -0.3 is 23.8 Å². The number of ether oxygens (including phenoxy) is 3. The molecule has 0 aromatic heterocycles. The molecular formula is C42H80NO7+.